The van der Waals surface area contributed by atoms with E-state index < -0.39 is 11.9 Å². The summed E-state index contributed by atoms with van der Waals surface area (Å²) in [5.41, 5.74) is 6.70. The van der Waals surface area contributed by atoms with Crippen molar-refractivity contribution in [3.8, 4) is 0 Å². The van der Waals surface area contributed by atoms with Crippen molar-refractivity contribution in [3.05, 3.63) is 16.0 Å². The van der Waals surface area contributed by atoms with Crippen molar-refractivity contribution < 1.29 is 19.1 Å². The summed E-state index contributed by atoms with van der Waals surface area (Å²) < 4.78 is 10.2. The van der Waals surface area contributed by atoms with Crippen molar-refractivity contribution >= 4 is 28.3 Å². The Kier molecular flexibility index (Phi) is 4.65. The lowest BCUT2D eigenvalue weighted by molar-refractivity contribution is 0.0212. The highest BCUT2D eigenvalue weighted by atomic mass is 32.1. The van der Waals surface area contributed by atoms with Gasteiger partial charge in [-0.15, -0.1) is 11.3 Å². The predicted molar refractivity (Wildman–Crippen MR) is 77.1 cm³/mol. The molecular formula is C14H19NO4S. The van der Waals surface area contributed by atoms with Crippen LogP contribution < -0.4 is 5.73 Å². The molecule has 6 heteroatoms. The Morgan fingerprint density at radius 2 is 1.85 bits per heavy atom. The fourth-order valence-electron chi connectivity index (χ4n) is 2.47. The smallest absolute Gasteiger partial charge is 0.348 e. The van der Waals surface area contributed by atoms with Crippen molar-refractivity contribution in [1.29, 1.82) is 0 Å². The van der Waals surface area contributed by atoms with Crippen LogP contribution in [-0.2, 0) is 9.47 Å². The lowest BCUT2D eigenvalue weighted by atomic mass is 9.98. The van der Waals surface area contributed by atoms with E-state index >= 15 is 0 Å². The maximum absolute atomic E-state index is 12.2. The number of methoxy groups -OCH3 is 1. The number of hydrogen-bond donors (Lipinski definition) is 1. The predicted octanol–water partition coefficient (Wildman–Crippen LogP) is 2.91. The lowest BCUT2D eigenvalue weighted by Gasteiger charge is -2.21. The number of nitrogens with two attached hydrogens (primary N) is 1. The fourth-order valence-corrected chi connectivity index (χ4v) is 3.45. The first kappa shape index (κ1) is 14.8. The molecule has 1 heterocycles. The molecule has 0 aromatic carbocycles. The van der Waals surface area contributed by atoms with Crippen molar-refractivity contribution in [2.24, 2.45) is 0 Å². The van der Waals surface area contributed by atoms with Gasteiger partial charge in [-0.3, -0.25) is 0 Å². The molecule has 110 valence electrons. The van der Waals surface area contributed by atoms with Gasteiger partial charge < -0.3 is 15.2 Å². The molecule has 2 N–H and O–H groups in total. The minimum absolute atomic E-state index is 0.0310. The summed E-state index contributed by atoms with van der Waals surface area (Å²) in [4.78, 5) is 24.2. The van der Waals surface area contributed by atoms with Gasteiger partial charge in [0.15, 0.2) is 0 Å². The molecule has 1 saturated carbocycles. The average Bonchev–Trinajstić information content (AvgIpc) is 2.74. The zero-order valence-corrected chi connectivity index (χ0v) is 12.5. The van der Waals surface area contributed by atoms with Crippen molar-refractivity contribution in [3.63, 3.8) is 0 Å². The Bertz CT molecular complexity index is 517. The van der Waals surface area contributed by atoms with Gasteiger partial charge in [0.2, 0.25) is 0 Å². The number of hydrogen-bond acceptors (Lipinski definition) is 6. The number of thiophene rings is 1. The van der Waals surface area contributed by atoms with Gasteiger partial charge in [0.1, 0.15) is 16.0 Å². The summed E-state index contributed by atoms with van der Waals surface area (Å²) in [5, 5.41) is 0.309. The third-order valence-electron chi connectivity index (χ3n) is 3.57. The van der Waals surface area contributed by atoms with Crippen LogP contribution in [0, 0.1) is 6.92 Å². The Morgan fingerprint density at radius 1 is 1.20 bits per heavy atom. The maximum Gasteiger partial charge on any atom is 0.348 e. The van der Waals surface area contributed by atoms with Crippen LogP contribution in [0.5, 0.6) is 0 Å². The second-order valence-electron chi connectivity index (χ2n) is 4.95. The van der Waals surface area contributed by atoms with E-state index in [-0.39, 0.29) is 6.10 Å². The number of esters is 2. The first-order chi connectivity index (χ1) is 9.54. The molecule has 1 aliphatic carbocycles. The summed E-state index contributed by atoms with van der Waals surface area (Å²) in [6.07, 6.45) is 5.14. The molecule has 1 aromatic rings. The number of nitrogen functional groups attached to an aromatic ring is 1. The summed E-state index contributed by atoms with van der Waals surface area (Å²) in [7, 11) is 1.30. The summed E-state index contributed by atoms with van der Waals surface area (Å²) in [6.45, 7) is 1.69. The molecular weight excluding hydrogens is 278 g/mol. The highest BCUT2D eigenvalue weighted by Crippen LogP contribution is 2.32. The second-order valence-corrected chi connectivity index (χ2v) is 6.00. The van der Waals surface area contributed by atoms with Crippen LogP contribution in [-0.4, -0.2) is 25.2 Å². The van der Waals surface area contributed by atoms with Crippen LogP contribution in [0.2, 0.25) is 0 Å². The molecule has 0 unspecified atom stereocenters. The molecule has 0 spiro atoms. The molecule has 0 amide bonds. The first-order valence-electron chi connectivity index (χ1n) is 6.72. The zero-order chi connectivity index (χ0) is 14.7. The maximum atomic E-state index is 12.2. The van der Waals surface area contributed by atoms with E-state index in [0.29, 0.717) is 21.0 Å². The molecule has 0 aliphatic heterocycles. The minimum Gasteiger partial charge on any atom is -0.465 e. The Morgan fingerprint density at radius 3 is 2.45 bits per heavy atom. The molecule has 0 saturated heterocycles. The first-order valence-corrected chi connectivity index (χ1v) is 7.54. The van der Waals surface area contributed by atoms with Crippen LogP contribution >= 0.6 is 11.3 Å². The Labute approximate surface area is 122 Å². The molecule has 0 atom stereocenters. The van der Waals surface area contributed by atoms with Crippen LogP contribution in [0.1, 0.15) is 57.7 Å². The van der Waals surface area contributed by atoms with Crippen molar-refractivity contribution in [2.75, 3.05) is 12.8 Å². The molecule has 2 rings (SSSR count). The van der Waals surface area contributed by atoms with E-state index in [2.05, 4.69) is 4.74 Å². The third-order valence-corrected chi connectivity index (χ3v) is 4.68. The van der Waals surface area contributed by atoms with Crippen molar-refractivity contribution in [2.45, 2.75) is 45.1 Å². The summed E-state index contributed by atoms with van der Waals surface area (Å²) in [6, 6.07) is 0. The van der Waals surface area contributed by atoms with E-state index in [1.165, 1.54) is 13.5 Å². The number of anilines is 1. The molecule has 1 aliphatic rings. The van der Waals surface area contributed by atoms with Gasteiger partial charge in [-0.2, -0.15) is 0 Å². The SMILES string of the molecule is COC(=O)c1sc(N)c(C(=O)OC2CCCCC2)c1C. The highest BCUT2D eigenvalue weighted by Gasteiger charge is 2.27. The van der Waals surface area contributed by atoms with Crippen LogP contribution in [0.3, 0.4) is 0 Å². The number of carbonyl (C=O) groups is 2. The van der Waals surface area contributed by atoms with Gasteiger partial charge in [-0.25, -0.2) is 9.59 Å². The third kappa shape index (κ3) is 2.95. The van der Waals surface area contributed by atoms with Crippen LogP contribution in [0.4, 0.5) is 5.00 Å². The number of carbonyl (C=O) groups excluding carboxylic acids is 2. The van der Waals surface area contributed by atoms with Gasteiger partial charge in [-0.1, -0.05) is 6.42 Å². The molecule has 0 bridgehead atoms. The largest absolute Gasteiger partial charge is 0.465 e. The van der Waals surface area contributed by atoms with Gasteiger partial charge in [0, 0.05) is 0 Å². The zero-order valence-electron chi connectivity index (χ0n) is 11.7. The van der Waals surface area contributed by atoms with Crippen LogP contribution in [0.15, 0.2) is 0 Å². The molecule has 0 radical (unpaired) electrons. The Balaban J connectivity index is 2.17. The lowest BCUT2D eigenvalue weighted by Crippen LogP contribution is -2.21. The number of ether oxygens (including phenoxy) is 2. The summed E-state index contributed by atoms with van der Waals surface area (Å²) >= 11 is 1.07. The normalized spacial score (nSPS) is 15.9. The Hall–Kier alpha value is -1.56. The van der Waals surface area contributed by atoms with Gasteiger partial charge in [0.05, 0.1) is 12.7 Å². The molecule has 5 nitrogen and oxygen atoms in total. The van der Waals surface area contributed by atoms with Crippen LogP contribution in [0.25, 0.3) is 0 Å². The molecule has 20 heavy (non-hydrogen) atoms. The standard InChI is InChI=1S/C14H19NO4S/c1-8-10(12(15)20-11(8)14(17)18-2)13(16)19-9-6-4-3-5-7-9/h9H,3-7,15H2,1-2H3. The van der Waals surface area contributed by atoms with E-state index in [0.717, 1.165) is 37.0 Å². The molecule has 1 fully saturated rings. The van der Waals surface area contributed by atoms with Gasteiger partial charge in [0.25, 0.3) is 0 Å². The second kappa shape index (κ2) is 6.26. The monoisotopic (exact) mass is 297 g/mol. The number of rotatable bonds is 3. The highest BCUT2D eigenvalue weighted by molar-refractivity contribution is 7.18. The van der Waals surface area contributed by atoms with E-state index in [9.17, 15) is 9.59 Å². The van der Waals surface area contributed by atoms with E-state index in [4.69, 9.17) is 10.5 Å². The topological polar surface area (TPSA) is 78.6 Å². The van der Waals surface area contributed by atoms with Gasteiger partial charge >= 0.3 is 11.9 Å². The van der Waals surface area contributed by atoms with E-state index in [1.54, 1.807) is 6.92 Å². The average molecular weight is 297 g/mol. The summed E-state index contributed by atoms with van der Waals surface area (Å²) in [5.74, 6) is -0.908. The van der Waals surface area contributed by atoms with E-state index in [1.807, 2.05) is 0 Å². The quantitative estimate of drug-likeness (QED) is 0.868. The van der Waals surface area contributed by atoms with Crippen molar-refractivity contribution in [1.82, 2.24) is 0 Å². The minimum atomic E-state index is -0.476. The molecule has 1 aromatic heterocycles. The fraction of sp³-hybridized carbons (Fsp3) is 0.571. The van der Waals surface area contributed by atoms with Gasteiger partial charge in [-0.05, 0) is 38.2 Å².